The van der Waals surface area contributed by atoms with Gasteiger partial charge in [0.25, 0.3) is 0 Å². The highest BCUT2D eigenvalue weighted by Crippen LogP contribution is 2.40. The SMILES string of the molecule is C#CC[C@H](C[C@@H](C#C)O[Si](C)(C)C(C)(C)C)O[Si](C)(C)C(C)(C)C. The topological polar surface area (TPSA) is 18.5 Å². The predicted molar refractivity (Wildman–Crippen MR) is 111 cm³/mol. The Hall–Kier alpha value is -0.526. The first-order chi connectivity index (χ1) is 10.6. The number of hydrogen-bond donors (Lipinski definition) is 0. The Bertz CT molecular complexity index is 482. The van der Waals surface area contributed by atoms with E-state index in [0.29, 0.717) is 12.8 Å². The molecule has 0 saturated heterocycles. The summed E-state index contributed by atoms with van der Waals surface area (Å²) in [5.41, 5.74) is 0. The molecule has 0 aliphatic carbocycles. The molecule has 0 rings (SSSR count). The fourth-order valence-electron chi connectivity index (χ4n) is 1.82. The van der Waals surface area contributed by atoms with E-state index < -0.39 is 16.6 Å². The molecule has 0 radical (unpaired) electrons. The summed E-state index contributed by atoms with van der Waals surface area (Å²) >= 11 is 0. The van der Waals surface area contributed by atoms with Crippen molar-refractivity contribution in [1.82, 2.24) is 0 Å². The number of hydrogen-bond acceptors (Lipinski definition) is 2. The van der Waals surface area contributed by atoms with Crippen LogP contribution in [0.3, 0.4) is 0 Å². The smallest absolute Gasteiger partial charge is 0.193 e. The highest BCUT2D eigenvalue weighted by atomic mass is 28.4. The molecule has 2 atom stereocenters. The van der Waals surface area contributed by atoms with E-state index in [9.17, 15) is 0 Å². The van der Waals surface area contributed by atoms with E-state index in [2.05, 4.69) is 79.6 Å². The summed E-state index contributed by atoms with van der Waals surface area (Å²) in [7, 11) is -3.80. The zero-order valence-corrected chi connectivity index (χ0v) is 19.5. The van der Waals surface area contributed by atoms with Gasteiger partial charge in [0.15, 0.2) is 16.6 Å². The van der Waals surface area contributed by atoms with E-state index in [1.807, 2.05) is 0 Å². The molecule has 138 valence electrons. The van der Waals surface area contributed by atoms with Crippen molar-refractivity contribution in [2.75, 3.05) is 0 Å². The van der Waals surface area contributed by atoms with E-state index in [1.165, 1.54) is 0 Å². The molecule has 4 heteroatoms. The number of rotatable bonds is 7. The van der Waals surface area contributed by atoms with E-state index in [4.69, 9.17) is 21.7 Å². The van der Waals surface area contributed by atoms with Gasteiger partial charge in [-0.3, -0.25) is 0 Å². The van der Waals surface area contributed by atoms with Crippen LogP contribution >= 0.6 is 0 Å². The van der Waals surface area contributed by atoms with Gasteiger partial charge in [-0.15, -0.1) is 18.8 Å². The van der Waals surface area contributed by atoms with Gasteiger partial charge in [-0.25, -0.2) is 0 Å². The second-order valence-electron chi connectivity index (χ2n) is 9.68. The Labute approximate surface area is 153 Å². The van der Waals surface area contributed by atoms with Crippen LogP contribution < -0.4 is 0 Å². The van der Waals surface area contributed by atoms with Crippen LogP contribution in [0.2, 0.25) is 36.3 Å². The van der Waals surface area contributed by atoms with Crippen LogP contribution in [0, 0.1) is 24.7 Å². The van der Waals surface area contributed by atoms with Crippen molar-refractivity contribution in [1.29, 1.82) is 0 Å². The van der Waals surface area contributed by atoms with E-state index in [1.54, 1.807) is 0 Å². The van der Waals surface area contributed by atoms with Gasteiger partial charge in [-0.05, 0) is 36.3 Å². The Morgan fingerprint density at radius 3 is 1.58 bits per heavy atom. The average Bonchev–Trinajstić information content (AvgIpc) is 2.34. The van der Waals surface area contributed by atoms with Crippen LogP contribution in [0.25, 0.3) is 0 Å². The van der Waals surface area contributed by atoms with Gasteiger partial charge in [0.05, 0.1) is 6.10 Å². The summed E-state index contributed by atoms with van der Waals surface area (Å²) in [5.74, 6) is 5.57. The Morgan fingerprint density at radius 2 is 1.25 bits per heavy atom. The molecule has 0 aromatic carbocycles. The van der Waals surface area contributed by atoms with Crippen LogP contribution in [-0.2, 0) is 8.85 Å². The van der Waals surface area contributed by atoms with Crippen LogP contribution in [0.5, 0.6) is 0 Å². The minimum absolute atomic E-state index is 0.0401. The molecule has 24 heavy (non-hydrogen) atoms. The van der Waals surface area contributed by atoms with Gasteiger partial charge in [-0.2, -0.15) is 0 Å². The highest BCUT2D eigenvalue weighted by molar-refractivity contribution is 6.74. The van der Waals surface area contributed by atoms with Crippen molar-refractivity contribution < 1.29 is 8.85 Å². The fourth-order valence-corrected chi connectivity index (χ4v) is 4.41. The van der Waals surface area contributed by atoms with E-state index in [0.717, 1.165) is 0 Å². The van der Waals surface area contributed by atoms with Gasteiger partial charge in [0.2, 0.25) is 0 Å². The first-order valence-electron chi connectivity index (χ1n) is 8.82. The standard InChI is InChI=1S/C20H38O2Si2/c1-13-15-18(22-24(11,12)20(6,7)8)16-17(14-2)21-23(9,10)19(3,4)5/h1-2,17-18H,15-16H2,3-12H3/t17-,18-/m1/s1. The maximum absolute atomic E-state index is 6.51. The molecule has 0 aromatic rings. The summed E-state index contributed by atoms with van der Waals surface area (Å²) in [6.45, 7) is 22.3. The van der Waals surface area contributed by atoms with Gasteiger partial charge in [-0.1, -0.05) is 47.5 Å². The van der Waals surface area contributed by atoms with Crippen molar-refractivity contribution in [3.63, 3.8) is 0 Å². The summed E-state index contributed by atoms with van der Waals surface area (Å²) < 4.78 is 12.9. The summed E-state index contributed by atoms with van der Waals surface area (Å²) in [6, 6.07) is 0. The third kappa shape index (κ3) is 6.77. The summed E-state index contributed by atoms with van der Waals surface area (Å²) in [6.07, 6.45) is 12.3. The second kappa shape index (κ2) is 8.24. The zero-order valence-electron chi connectivity index (χ0n) is 17.5. The number of terminal acetylenes is 2. The first-order valence-corrected chi connectivity index (χ1v) is 14.6. The Morgan fingerprint density at radius 1 is 0.833 bits per heavy atom. The van der Waals surface area contributed by atoms with Crippen LogP contribution in [0.4, 0.5) is 0 Å². The molecule has 2 nitrogen and oxygen atoms in total. The molecule has 0 saturated carbocycles. The lowest BCUT2D eigenvalue weighted by molar-refractivity contribution is 0.121. The monoisotopic (exact) mass is 366 g/mol. The quantitative estimate of drug-likeness (QED) is 0.418. The summed E-state index contributed by atoms with van der Waals surface area (Å²) in [4.78, 5) is 0. The molecule has 0 aliphatic rings. The van der Waals surface area contributed by atoms with Crippen LogP contribution in [-0.4, -0.2) is 28.8 Å². The van der Waals surface area contributed by atoms with Gasteiger partial charge >= 0.3 is 0 Å². The van der Waals surface area contributed by atoms with Crippen LogP contribution in [0.1, 0.15) is 54.4 Å². The Balaban J connectivity index is 5.18. The average molecular weight is 367 g/mol. The molecule has 0 amide bonds. The minimum atomic E-state index is -1.91. The molecule has 0 aliphatic heterocycles. The maximum atomic E-state index is 6.51. The molecule has 0 heterocycles. The molecular weight excluding hydrogens is 328 g/mol. The molecule has 0 unspecified atom stereocenters. The largest absolute Gasteiger partial charge is 0.413 e. The normalized spacial score (nSPS) is 16.2. The zero-order chi connectivity index (χ0) is 19.4. The predicted octanol–water partition coefficient (Wildman–Crippen LogP) is 5.81. The molecular formula is C20H38O2Si2. The molecule has 0 bridgehead atoms. The minimum Gasteiger partial charge on any atom is -0.413 e. The van der Waals surface area contributed by atoms with Crippen molar-refractivity contribution >= 4 is 16.6 Å². The second-order valence-corrected chi connectivity index (χ2v) is 19.2. The first kappa shape index (κ1) is 23.5. The van der Waals surface area contributed by atoms with Crippen molar-refractivity contribution in [3.05, 3.63) is 0 Å². The fraction of sp³-hybridized carbons (Fsp3) is 0.800. The highest BCUT2D eigenvalue weighted by Gasteiger charge is 2.41. The van der Waals surface area contributed by atoms with Gasteiger partial charge in [0, 0.05) is 12.8 Å². The molecule has 0 aromatic heterocycles. The van der Waals surface area contributed by atoms with Gasteiger partial charge < -0.3 is 8.85 Å². The van der Waals surface area contributed by atoms with Crippen molar-refractivity contribution in [3.8, 4) is 24.7 Å². The third-order valence-electron chi connectivity index (χ3n) is 5.52. The van der Waals surface area contributed by atoms with E-state index in [-0.39, 0.29) is 22.3 Å². The summed E-state index contributed by atoms with van der Waals surface area (Å²) in [5, 5.41) is 0.274. The molecule has 0 N–H and O–H groups in total. The lowest BCUT2D eigenvalue weighted by Crippen LogP contribution is -2.47. The van der Waals surface area contributed by atoms with Gasteiger partial charge in [0.1, 0.15) is 6.10 Å². The lowest BCUT2D eigenvalue weighted by Gasteiger charge is -2.41. The Kier molecular flexibility index (Phi) is 8.05. The maximum Gasteiger partial charge on any atom is 0.193 e. The lowest BCUT2D eigenvalue weighted by atomic mass is 10.1. The van der Waals surface area contributed by atoms with E-state index >= 15 is 0 Å². The molecule has 0 spiro atoms. The van der Waals surface area contributed by atoms with Crippen molar-refractivity contribution in [2.24, 2.45) is 0 Å². The van der Waals surface area contributed by atoms with Crippen LogP contribution in [0.15, 0.2) is 0 Å². The van der Waals surface area contributed by atoms with Crippen molar-refractivity contribution in [2.45, 2.75) is 103 Å². The third-order valence-corrected chi connectivity index (χ3v) is 14.5. The molecule has 0 fully saturated rings.